The van der Waals surface area contributed by atoms with E-state index in [2.05, 4.69) is 53.4 Å². The molecule has 15 heavy (non-hydrogen) atoms. The third-order valence-electron chi connectivity index (χ3n) is 2.77. The van der Waals surface area contributed by atoms with Crippen molar-refractivity contribution in [1.29, 1.82) is 0 Å². The van der Waals surface area contributed by atoms with Crippen LogP contribution >= 0.6 is 0 Å². The van der Waals surface area contributed by atoms with E-state index in [4.69, 9.17) is 0 Å². The fourth-order valence-electron chi connectivity index (χ4n) is 1.86. The average Bonchev–Trinajstić information content (AvgIpc) is 2.00. The van der Waals surface area contributed by atoms with E-state index in [1.165, 1.54) is 18.5 Å². The van der Waals surface area contributed by atoms with Crippen molar-refractivity contribution in [3.05, 3.63) is 12.3 Å². The van der Waals surface area contributed by atoms with Crippen LogP contribution in [0.4, 0.5) is 0 Å². The van der Waals surface area contributed by atoms with Gasteiger partial charge in [0.1, 0.15) is 0 Å². The van der Waals surface area contributed by atoms with Crippen molar-refractivity contribution >= 4 is 0 Å². The summed E-state index contributed by atoms with van der Waals surface area (Å²) in [6, 6.07) is 0.541. The summed E-state index contributed by atoms with van der Waals surface area (Å²) >= 11 is 0. The third kappa shape index (κ3) is 7.47. The second kappa shape index (κ2) is 6.19. The second-order valence-electron chi connectivity index (χ2n) is 6.04. The van der Waals surface area contributed by atoms with Gasteiger partial charge in [-0.2, -0.15) is 0 Å². The van der Waals surface area contributed by atoms with E-state index < -0.39 is 0 Å². The van der Waals surface area contributed by atoms with Crippen LogP contribution in [-0.2, 0) is 0 Å². The highest BCUT2D eigenvalue weighted by Gasteiger charge is 2.15. The van der Waals surface area contributed by atoms with Crippen molar-refractivity contribution in [2.24, 2.45) is 11.3 Å². The van der Waals surface area contributed by atoms with E-state index in [9.17, 15) is 0 Å². The Morgan fingerprint density at radius 3 is 2.20 bits per heavy atom. The molecule has 0 aromatic heterocycles. The van der Waals surface area contributed by atoms with Gasteiger partial charge in [0, 0.05) is 11.7 Å². The van der Waals surface area contributed by atoms with E-state index in [0.29, 0.717) is 11.5 Å². The van der Waals surface area contributed by atoms with Gasteiger partial charge in [0.05, 0.1) is 0 Å². The lowest BCUT2D eigenvalue weighted by molar-refractivity contribution is 0.359. The van der Waals surface area contributed by atoms with Gasteiger partial charge in [-0.05, 0) is 31.1 Å². The summed E-state index contributed by atoms with van der Waals surface area (Å²) in [4.78, 5) is 0. The van der Waals surface area contributed by atoms with Crippen LogP contribution in [0.3, 0.4) is 0 Å². The molecular formula is C14H29N. The number of rotatable bonds is 6. The maximum absolute atomic E-state index is 4.11. The first-order chi connectivity index (χ1) is 6.76. The third-order valence-corrected chi connectivity index (χ3v) is 2.77. The Morgan fingerprint density at radius 1 is 1.27 bits per heavy atom. The number of nitrogens with one attached hydrogen (secondary N) is 1. The smallest absolute Gasteiger partial charge is 0.0255 e. The molecule has 0 saturated carbocycles. The zero-order valence-electron chi connectivity index (χ0n) is 11.5. The van der Waals surface area contributed by atoms with Gasteiger partial charge in [-0.3, -0.25) is 0 Å². The minimum atomic E-state index is 0.331. The maximum atomic E-state index is 4.11. The van der Waals surface area contributed by atoms with Crippen LogP contribution < -0.4 is 5.32 Å². The van der Waals surface area contributed by atoms with Crippen LogP contribution in [0.15, 0.2) is 12.3 Å². The van der Waals surface area contributed by atoms with Crippen LogP contribution in [0.25, 0.3) is 0 Å². The van der Waals surface area contributed by atoms with Gasteiger partial charge < -0.3 is 5.32 Å². The molecule has 0 bridgehead atoms. The molecule has 2 atom stereocenters. The minimum Gasteiger partial charge on any atom is -0.386 e. The van der Waals surface area contributed by atoms with E-state index in [1.54, 1.807) is 0 Å². The molecule has 0 spiro atoms. The molecule has 0 saturated heterocycles. The topological polar surface area (TPSA) is 12.0 Å². The van der Waals surface area contributed by atoms with Gasteiger partial charge in [0.2, 0.25) is 0 Å². The van der Waals surface area contributed by atoms with Crippen molar-refractivity contribution in [2.75, 3.05) is 0 Å². The van der Waals surface area contributed by atoms with Crippen LogP contribution in [0.2, 0.25) is 0 Å². The Kier molecular flexibility index (Phi) is 6.00. The molecule has 1 nitrogen and oxygen atoms in total. The molecule has 0 fully saturated rings. The molecular weight excluding hydrogens is 182 g/mol. The lowest BCUT2D eigenvalue weighted by Crippen LogP contribution is -2.32. The van der Waals surface area contributed by atoms with Gasteiger partial charge in [0.15, 0.2) is 0 Å². The van der Waals surface area contributed by atoms with Gasteiger partial charge in [-0.15, -0.1) is 0 Å². The summed E-state index contributed by atoms with van der Waals surface area (Å²) in [6.45, 7) is 17.7. The number of allylic oxidation sites excluding steroid dienone is 1. The molecule has 0 rings (SSSR count). The standard InChI is InChI=1S/C14H29N/c1-8-9-11(2)13(4)15-12(3)10-14(5,6)7/h11,13,15H,3,8-10H2,1-2,4-7H3. The molecule has 0 heterocycles. The molecule has 1 heteroatoms. The van der Waals surface area contributed by atoms with Gasteiger partial charge in [0.25, 0.3) is 0 Å². The Morgan fingerprint density at radius 2 is 1.80 bits per heavy atom. The maximum Gasteiger partial charge on any atom is 0.0255 e. The highest BCUT2D eigenvalue weighted by molar-refractivity contribution is 4.97. The van der Waals surface area contributed by atoms with Gasteiger partial charge >= 0.3 is 0 Å². The normalized spacial score (nSPS) is 15.9. The van der Waals surface area contributed by atoms with Crippen LogP contribution in [-0.4, -0.2) is 6.04 Å². The number of hydrogen-bond acceptors (Lipinski definition) is 1. The molecule has 0 aliphatic heterocycles. The molecule has 0 radical (unpaired) electrons. The molecule has 1 N–H and O–H groups in total. The van der Waals surface area contributed by atoms with Crippen LogP contribution in [0, 0.1) is 11.3 Å². The Balaban J connectivity index is 3.96. The summed E-state index contributed by atoms with van der Waals surface area (Å²) in [7, 11) is 0. The second-order valence-corrected chi connectivity index (χ2v) is 6.04. The summed E-state index contributed by atoms with van der Waals surface area (Å²) in [5.41, 5.74) is 1.51. The van der Waals surface area contributed by atoms with Gasteiger partial charge in [-0.1, -0.05) is 47.6 Å². The zero-order valence-corrected chi connectivity index (χ0v) is 11.5. The lowest BCUT2D eigenvalue weighted by Gasteiger charge is -2.26. The quantitative estimate of drug-likeness (QED) is 0.688. The molecule has 0 amide bonds. The Hall–Kier alpha value is -0.460. The van der Waals surface area contributed by atoms with Crippen LogP contribution in [0.1, 0.15) is 60.8 Å². The van der Waals surface area contributed by atoms with E-state index >= 15 is 0 Å². The van der Waals surface area contributed by atoms with E-state index in [0.717, 1.165) is 12.3 Å². The zero-order chi connectivity index (χ0) is 12.1. The SMILES string of the molecule is C=C(CC(C)(C)C)NC(C)C(C)CCC. The monoisotopic (exact) mass is 211 g/mol. The predicted octanol–water partition coefficient (Wildman–Crippen LogP) is 4.35. The largest absolute Gasteiger partial charge is 0.386 e. The first-order valence-corrected chi connectivity index (χ1v) is 6.20. The minimum absolute atomic E-state index is 0.331. The van der Waals surface area contributed by atoms with E-state index in [1.807, 2.05) is 0 Å². The lowest BCUT2D eigenvalue weighted by atomic mass is 9.90. The first kappa shape index (κ1) is 14.5. The average molecular weight is 211 g/mol. The summed E-state index contributed by atoms with van der Waals surface area (Å²) < 4.78 is 0. The molecule has 0 aliphatic rings. The Labute approximate surface area is 96.3 Å². The fraction of sp³-hybridized carbons (Fsp3) is 0.857. The molecule has 2 unspecified atom stereocenters. The molecule has 0 aliphatic carbocycles. The highest BCUT2D eigenvalue weighted by Crippen LogP contribution is 2.22. The summed E-state index contributed by atoms with van der Waals surface area (Å²) in [6.07, 6.45) is 3.60. The summed E-state index contributed by atoms with van der Waals surface area (Å²) in [5, 5.41) is 3.53. The highest BCUT2D eigenvalue weighted by atomic mass is 14.9. The van der Waals surface area contributed by atoms with Crippen molar-refractivity contribution < 1.29 is 0 Å². The predicted molar refractivity (Wildman–Crippen MR) is 69.9 cm³/mol. The Bertz CT molecular complexity index is 188. The molecule has 0 aromatic carbocycles. The number of hydrogen-bond donors (Lipinski definition) is 1. The summed E-state index contributed by atoms with van der Waals surface area (Å²) in [5.74, 6) is 0.728. The first-order valence-electron chi connectivity index (χ1n) is 6.20. The van der Waals surface area contributed by atoms with Gasteiger partial charge in [-0.25, -0.2) is 0 Å². The van der Waals surface area contributed by atoms with Crippen molar-refractivity contribution in [1.82, 2.24) is 5.32 Å². The van der Waals surface area contributed by atoms with Crippen molar-refractivity contribution in [2.45, 2.75) is 66.8 Å². The van der Waals surface area contributed by atoms with Crippen LogP contribution in [0.5, 0.6) is 0 Å². The molecule has 90 valence electrons. The molecule has 0 aromatic rings. The van der Waals surface area contributed by atoms with Crippen molar-refractivity contribution in [3.63, 3.8) is 0 Å². The van der Waals surface area contributed by atoms with Crippen molar-refractivity contribution in [3.8, 4) is 0 Å². The fourth-order valence-corrected chi connectivity index (χ4v) is 1.86. The van der Waals surface area contributed by atoms with E-state index in [-0.39, 0.29) is 0 Å².